The fourth-order valence-electron chi connectivity index (χ4n) is 2.16. The van der Waals surface area contributed by atoms with Crippen LogP contribution in [0.4, 0.5) is 0 Å². The highest BCUT2D eigenvalue weighted by molar-refractivity contribution is 5.36. The van der Waals surface area contributed by atoms with E-state index in [1.165, 1.54) is 36.8 Å². The third-order valence-electron chi connectivity index (χ3n) is 3.23. The molecular weight excluding hydrogens is 196 g/mol. The van der Waals surface area contributed by atoms with Crippen LogP contribution in [-0.2, 0) is 0 Å². The molecule has 88 valence electrons. The van der Waals surface area contributed by atoms with Crippen LogP contribution in [0.1, 0.15) is 32.6 Å². The second-order valence-corrected chi connectivity index (χ2v) is 4.35. The Morgan fingerprint density at radius 1 is 1.38 bits per heavy atom. The van der Waals surface area contributed by atoms with Crippen molar-refractivity contribution >= 4 is 6.72 Å². The normalized spacial score (nSPS) is 18.6. The Morgan fingerprint density at radius 3 is 2.50 bits per heavy atom. The summed E-state index contributed by atoms with van der Waals surface area (Å²) in [5.41, 5.74) is 3.43. The average Bonchev–Trinajstić information content (AvgIpc) is 2.80. The molecule has 0 atom stereocenters. The molecule has 16 heavy (non-hydrogen) atoms. The van der Waals surface area contributed by atoms with Gasteiger partial charge in [0.05, 0.1) is 0 Å². The van der Waals surface area contributed by atoms with Gasteiger partial charge in [0.15, 0.2) is 0 Å². The van der Waals surface area contributed by atoms with Gasteiger partial charge in [-0.05, 0) is 43.5 Å². The number of nitrogens with zero attached hydrogens (tertiary/aromatic N) is 1. The molecule has 0 aliphatic heterocycles. The third-order valence-corrected chi connectivity index (χ3v) is 3.23. The van der Waals surface area contributed by atoms with Crippen LogP contribution >= 0.6 is 0 Å². The minimum atomic E-state index is 0.658. The largest absolute Gasteiger partial charge is 0.388 e. The number of likely N-dealkylation sites (N-methyl/N-ethyl adjacent to an activating group) is 1. The molecule has 0 radical (unpaired) electrons. The highest BCUT2D eigenvalue weighted by atomic mass is 14.8. The predicted molar refractivity (Wildman–Crippen MR) is 71.5 cm³/mol. The minimum absolute atomic E-state index is 0.658. The van der Waals surface area contributed by atoms with Crippen LogP contribution < -0.4 is 5.32 Å². The van der Waals surface area contributed by atoms with E-state index in [0.29, 0.717) is 5.92 Å². The van der Waals surface area contributed by atoms with Crippen molar-refractivity contribution in [3.63, 3.8) is 0 Å². The van der Waals surface area contributed by atoms with Gasteiger partial charge in [0.2, 0.25) is 0 Å². The lowest BCUT2D eigenvalue weighted by molar-refractivity contribution is 0.655. The van der Waals surface area contributed by atoms with Crippen molar-refractivity contribution in [2.75, 3.05) is 7.05 Å². The second-order valence-electron chi connectivity index (χ2n) is 4.35. The van der Waals surface area contributed by atoms with Crippen LogP contribution in [-0.4, -0.2) is 13.8 Å². The zero-order valence-electron chi connectivity index (χ0n) is 10.4. The first-order valence-corrected chi connectivity index (χ1v) is 5.90. The van der Waals surface area contributed by atoms with Crippen molar-refractivity contribution in [2.45, 2.75) is 32.6 Å². The molecule has 1 aliphatic rings. The SMILES string of the molecule is C=N/C=C(/C=C(/C)C(=C)NC)C1CCCC1. The Hall–Kier alpha value is -1.31. The van der Waals surface area contributed by atoms with Crippen LogP contribution in [0, 0.1) is 5.92 Å². The van der Waals surface area contributed by atoms with E-state index in [1.54, 1.807) is 0 Å². The Balaban J connectivity index is 2.82. The summed E-state index contributed by atoms with van der Waals surface area (Å²) in [6.07, 6.45) is 9.29. The summed E-state index contributed by atoms with van der Waals surface area (Å²) in [6, 6.07) is 0. The molecule has 0 aromatic heterocycles. The van der Waals surface area contributed by atoms with Gasteiger partial charge in [-0.3, -0.25) is 4.99 Å². The van der Waals surface area contributed by atoms with E-state index < -0.39 is 0 Å². The van der Waals surface area contributed by atoms with Crippen molar-refractivity contribution in [1.82, 2.24) is 5.32 Å². The van der Waals surface area contributed by atoms with E-state index in [-0.39, 0.29) is 0 Å². The van der Waals surface area contributed by atoms with Crippen molar-refractivity contribution in [2.24, 2.45) is 10.9 Å². The van der Waals surface area contributed by atoms with Crippen molar-refractivity contribution < 1.29 is 0 Å². The number of nitrogens with one attached hydrogen (secondary N) is 1. The number of hydrogen-bond acceptors (Lipinski definition) is 2. The van der Waals surface area contributed by atoms with Gasteiger partial charge in [0, 0.05) is 18.9 Å². The van der Waals surface area contributed by atoms with Crippen LogP contribution in [0.15, 0.2) is 40.7 Å². The molecule has 2 heteroatoms. The minimum Gasteiger partial charge on any atom is -0.388 e. The maximum absolute atomic E-state index is 3.96. The van der Waals surface area contributed by atoms with Gasteiger partial charge >= 0.3 is 0 Å². The molecule has 2 nitrogen and oxygen atoms in total. The molecule has 1 N–H and O–H groups in total. The Morgan fingerprint density at radius 2 is 2.00 bits per heavy atom. The Kier molecular flexibility index (Phi) is 5.03. The standard InChI is InChI=1S/C14H22N2/c1-11(12(2)16-4)9-14(10-15-3)13-7-5-6-8-13/h9-10,13,16H,2-3,5-8H2,1,4H3/b11-9-,14-10-. The third kappa shape index (κ3) is 3.37. The summed E-state index contributed by atoms with van der Waals surface area (Å²) in [5.74, 6) is 0.658. The van der Waals surface area contributed by atoms with Gasteiger partial charge in [-0.15, -0.1) is 0 Å². The van der Waals surface area contributed by atoms with E-state index in [1.807, 2.05) is 13.2 Å². The summed E-state index contributed by atoms with van der Waals surface area (Å²) < 4.78 is 0. The zero-order chi connectivity index (χ0) is 12.0. The summed E-state index contributed by atoms with van der Waals surface area (Å²) in [5, 5.41) is 3.07. The molecule has 1 saturated carbocycles. The second kappa shape index (κ2) is 6.31. The number of rotatable bonds is 5. The molecule has 0 aromatic rings. The van der Waals surface area contributed by atoms with Gasteiger partial charge in [-0.1, -0.05) is 25.5 Å². The van der Waals surface area contributed by atoms with Gasteiger partial charge in [-0.2, -0.15) is 0 Å². The molecule has 0 spiro atoms. The first-order chi connectivity index (χ1) is 7.69. The molecule has 0 amide bonds. The molecular formula is C14H22N2. The van der Waals surface area contributed by atoms with Crippen LogP contribution in [0.5, 0.6) is 0 Å². The summed E-state index contributed by atoms with van der Waals surface area (Å²) >= 11 is 0. The smallest absolute Gasteiger partial charge is 0.0295 e. The average molecular weight is 218 g/mol. The van der Waals surface area contributed by atoms with Crippen LogP contribution in [0.2, 0.25) is 0 Å². The molecule has 1 aliphatic carbocycles. The Bertz CT molecular complexity index is 318. The maximum atomic E-state index is 3.96. The molecule has 1 rings (SSSR count). The zero-order valence-corrected chi connectivity index (χ0v) is 10.4. The highest BCUT2D eigenvalue weighted by Gasteiger charge is 2.18. The lowest BCUT2D eigenvalue weighted by Crippen LogP contribution is -2.06. The van der Waals surface area contributed by atoms with Gasteiger partial charge in [-0.25, -0.2) is 0 Å². The molecule has 0 heterocycles. The highest BCUT2D eigenvalue weighted by Crippen LogP contribution is 2.32. The van der Waals surface area contributed by atoms with Gasteiger partial charge in [0.25, 0.3) is 0 Å². The summed E-state index contributed by atoms with van der Waals surface area (Å²) in [4.78, 5) is 3.91. The number of hydrogen-bond donors (Lipinski definition) is 1. The maximum Gasteiger partial charge on any atom is 0.0295 e. The van der Waals surface area contributed by atoms with Crippen LogP contribution in [0.3, 0.4) is 0 Å². The molecule has 0 saturated heterocycles. The predicted octanol–water partition coefficient (Wildman–Crippen LogP) is 3.44. The lowest BCUT2D eigenvalue weighted by atomic mass is 9.96. The summed E-state index contributed by atoms with van der Waals surface area (Å²) in [6.45, 7) is 9.58. The van der Waals surface area contributed by atoms with Crippen molar-refractivity contribution in [1.29, 1.82) is 0 Å². The lowest BCUT2D eigenvalue weighted by Gasteiger charge is -2.12. The number of allylic oxidation sites excluding steroid dienone is 3. The fourth-order valence-corrected chi connectivity index (χ4v) is 2.16. The molecule has 1 fully saturated rings. The van der Waals surface area contributed by atoms with Crippen LogP contribution in [0.25, 0.3) is 0 Å². The van der Waals surface area contributed by atoms with E-state index in [9.17, 15) is 0 Å². The quantitative estimate of drug-likeness (QED) is 0.555. The summed E-state index contributed by atoms with van der Waals surface area (Å²) in [7, 11) is 1.89. The van der Waals surface area contributed by atoms with E-state index in [4.69, 9.17) is 0 Å². The van der Waals surface area contributed by atoms with Crippen molar-refractivity contribution in [3.05, 3.63) is 35.7 Å². The first kappa shape index (κ1) is 12.8. The van der Waals surface area contributed by atoms with Crippen molar-refractivity contribution in [3.8, 4) is 0 Å². The molecule has 0 aromatic carbocycles. The van der Waals surface area contributed by atoms with Gasteiger partial charge < -0.3 is 5.32 Å². The fraction of sp³-hybridized carbons (Fsp3) is 0.500. The molecule has 0 bridgehead atoms. The monoisotopic (exact) mass is 218 g/mol. The van der Waals surface area contributed by atoms with E-state index in [2.05, 4.69) is 36.6 Å². The first-order valence-electron chi connectivity index (χ1n) is 5.90. The topological polar surface area (TPSA) is 24.4 Å². The van der Waals surface area contributed by atoms with E-state index in [0.717, 1.165) is 5.70 Å². The van der Waals surface area contributed by atoms with E-state index >= 15 is 0 Å². The number of aliphatic imine (C=N–C) groups is 1. The van der Waals surface area contributed by atoms with Gasteiger partial charge in [0.1, 0.15) is 0 Å². The Labute approximate surface area is 98.9 Å². The molecule has 0 unspecified atom stereocenters.